The normalized spacial score (nSPS) is 17.2. The summed E-state index contributed by atoms with van der Waals surface area (Å²) < 4.78 is 0. The van der Waals surface area contributed by atoms with Gasteiger partial charge in [0.2, 0.25) is 0 Å². The van der Waals surface area contributed by atoms with Gasteiger partial charge in [0, 0.05) is 0 Å². The van der Waals surface area contributed by atoms with Crippen molar-refractivity contribution in [3.05, 3.63) is 77.9 Å². The second kappa shape index (κ2) is 15.8. The summed E-state index contributed by atoms with van der Waals surface area (Å²) in [5.74, 6) is 0. The van der Waals surface area contributed by atoms with Gasteiger partial charge >= 0.3 is 91.2 Å². The number of hydrogen-bond acceptors (Lipinski definition) is 0. The van der Waals surface area contributed by atoms with Crippen molar-refractivity contribution in [2.45, 2.75) is 121 Å². The van der Waals surface area contributed by atoms with Crippen molar-refractivity contribution in [1.82, 2.24) is 0 Å². The molecule has 0 spiro atoms. The molecule has 2 saturated carbocycles. The summed E-state index contributed by atoms with van der Waals surface area (Å²) in [6.07, 6.45) is 22.7. The molecule has 3 aliphatic carbocycles. The van der Waals surface area contributed by atoms with Gasteiger partial charge in [-0.2, -0.15) is 6.08 Å². The van der Waals surface area contributed by atoms with Crippen LogP contribution in [-0.4, -0.2) is 5.43 Å². The third kappa shape index (κ3) is 9.49. The third-order valence-electron chi connectivity index (χ3n) is 8.61. The maximum atomic E-state index is 2.99. The van der Waals surface area contributed by atoms with Gasteiger partial charge in [-0.05, 0) is 10.8 Å². The van der Waals surface area contributed by atoms with Crippen molar-refractivity contribution in [2.75, 3.05) is 0 Å². The monoisotopic (exact) mass is 668 g/mol. The average molecular weight is 671 g/mol. The Morgan fingerprint density at radius 2 is 1.15 bits per heavy atom. The summed E-state index contributed by atoms with van der Waals surface area (Å²) in [4.78, 5) is 0. The summed E-state index contributed by atoms with van der Waals surface area (Å²) in [7, 11) is 0. The summed E-state index contributed by atoms with van der Waals surface area (Å²) >= 11 is 1.94. The SMILES string of the molecule is CC(C)(C)c1ccc2c(c1)[cH-]c1cc(C(C)(C)C)ccc12.[C-]1=CC=CC1.[Cl-].[Cl-].[Zr+2]=[Si](C1CCCC1)C1CCCC1. The number of benzene rings is 2. The first-order valence-corrected chi connectivity index (χ1v) is 20.3. The van der Waals surface area contributed by atoms with Gasteiger partial charge in [0.1, 0.15) is 0 Å². The van der Waals surface area contributed by atoms with E-state index >= 15 is 0 Å². The van der Waals surface area contributed by atoms with E-state index in [9.17, 15) is 0 Å². The number of rotatable bonds is 2. The molecule has 3 aliphatic rings. The average Bonchev–Trinajstić information content (AvgIpc) is 3.70. The minimum atomic E-state index is 0. The van der Waals surface area contributed by atoms with E-state index in [2.05, 4.69) is 96.2 Å². The molecule has 2 fully saturated rings. The Hall–Kier alpha value is -0.530. The van der Waals surface area contributed by atoms with Crippen molar-refractivity contribution in [3.8, 4) is 0 Å². The zero-order valence-electron chi connectivity index (χ0n) is 25.5. The molecule has 0 aliphatic heterocycles. The van der Waals surface area contributed by atoms with Crippen LogP contribution >= 0.6 is 0 Å². The predicted molar refractivity (Wildman–Crippen MR) is 166 cm³/mol. The van der Waals surface area contributed by atoms with Gasteiger partial charge in [-0.15, -0.1) is 46.2 Å². The first kappa shape index (κ1) is 35.7. The molecule has 0 amide bonds. The van der Waals surface area contributed by atoms with Crippen LogP contribution in [0.25, 0.3) is 21.5 Å². The molecule has 0 bridgehead atoms. The van der Waals surface area contributed by atoms with Crippen LogP contribution in [0, 0.1) is 6.08 Å². The van der Waals surface area contributed by atoms with Crippen LogP contribution in [0.3, 0.4) is 0 Å². The van der Waals surface area contributed by atoms with Crippen molar-refractivity contribution in [2.24, 2.45) is 0 Å². The van der Waals surface area contributed by atoms with E-state index in [1.54, 1.807) is 51.4 Å². The van der Waals surface area contributed by atoms with Crippen molar-refractivity contribution >= 4 is 27.0 Å². The number of hydrogen-bond donors (Lipinski definition) is 0. The topological polar surface area (TPSA) is 0 Å². The summed E-state index contributed by atoms with van der Waals surface area (Å²) in [6, 6.07) is 16.2. The molecule has 0 radical (unpaired) electrons. The van der Waals surface area contributed by atoms with E-state index < -0.39 is 0 Å². The summed E-state index contributed by atoms with van der Waals surface area (Å²) in [5.41, 5.74) is 5.85. The van der Waals surface area contributed by atoms with Gasteiger partial charge in [0.05, 0.1) is 0 Å². The molecule has 3 aromatic carbocycles. The van der Waals surface area contributed by atoms with E-state index in [0.717, 1.165) is 6.42 Å². The van der Waals surface area contributed by atoms with Gasteiger partial charge in [0.25, 0.3) is 0 Å². The van der Waals surface area contributed by atoms with Gasteiger partial charge < -0.3 is 24.8 Å². The van der Waals surface area contributed by atoms with Gasteiger partial charge in [-0.25, -0.2) is 12.2 Å². The molecule has 0 nitrogen and oxygen atoms in total. The molecule has 0 heterocycles. The minimum absolute atomic E-state index is 0. The van der Waals surface area contributed by atoms with Crippen LogP contribution in [0.5, 0.6) is 0 Å². The maximum absolute atomic E-state index is 2.99. The second-order valence-corrected chi connectivity index (χ2v) is 20.5. The van der Waals surface area contributed by atoms with Gasteiger partial charge in [0.15, 0.2) is 0 Å². The summed E-state index contributed by atoms with van der Waals surface area (Å²) in [5, 5.41) is 5.48. The Morgan fingerprint density at radius 3 is 1.45 bits per heavy atom. The Balaban J connectivity index is 0.000000248. The first-order valence-electron chi connectivity index (χ1n) is 15.0. The van der Waals surface area contributed by atoms with E-state index in [0.29, 0.717) is 0 Å². The molecule has 0 aromatic heterocycles. The Bertz CT molecular complexity index is 1190. The van der Waals surface area contributed by atoms with Gasteiger partial charge in [-0.3, -0.25) is 6.08 Å². The number of fused-ring (bicyclic) bond motifs is 3. The van der Waals surface area contributed by atoms with Crippen LogP contribution in [0.1, 0.15) is 110 Å². The number of halogens is 2. The van der Waals surface area contributed by atoms with Crippen LogP contribution in [0.15, 0.2) is 60.7 Å². The predicted octanol–water partition coefficient (Wildman–Crippen LogP) is 5.03. The molecule has 0 unspecified atom stereocenters. The molecule has 40 heavy (non-hydrogen) atoms. The zero-order chi connectivity index (χ0) is 27.3. The third-order valence-corrected chi connectivity index (χ3v) is 17.5. The molecular weight excluding hydrogens is 623 g/mol. The quantitative estimate of drug-likeness (QED) is 0.265. The Morgan fingerprint density at radius 1 is 0.725 bits per heavy atom. The molecule has 0 atom stereocenters. The fourth-order valence-corrected chi connectivity index (χ4v) is 13.1. The first-order chi connectivity index (χ1) is 18.0. The van der Waals surface area contributed by atoms with Gasteiger partial charge in [-0.1, -0.05) is 76.9 Å². The standard InChI is InChI=1S/C21H25.C10H18Si.C5H5.2ClH.Zr/c1-20(2,3)16-7-9-18-14(12-16)11-15-13-17(21(4,5)6)8-10-19(15)18;1-2-6-9(5-1)11-10-7-3-4-8-10;1-2-4-5-3-1;;;/h7-13H,1-6H3;9-10H,1-8H2;1-3H,4H2;2*1H;/q-1;;-1;;;+2/p-2. The Labute approximate surface area is 272 Å². The fraction of sp³-hybridized carbons (Fsp3) is 0.528. The summed E-state index contributed by atoms with van der Waals surface area (Å²) in [6.45, 7) is 13.6. The van der Waals surface area contributed by atoms with Crippen molar-refractivity contribution < 1.29 is 48.1 Å². The van der Waals surface area contributed by atoms with Crippen LogP contribution in [0.4, 0.5) is 0 Å². The molecule has 6 rings (SSSR count). The molecule has 216 valence electrons. The van der Waals surface area contributed by atoms with Crippen LogP contribution in [-0.2, 0) is 34.2 Å². The second-order valence-electron chi connectivity index (χ2n) is 13.7. The molecular formula is C36H48Cl2SiZr-2. The molecule has 4 heteroatoms. The van der Waals surface area contributed by atoms with Crippen molar-refractivity contribution in [1.29, 1.82) is 0 Å². The van der Waals surface area contributed by atoms with E-state index in [1.807, 2.05) is 35.5 Å². The van der Waals surface area contributed by atoms with E-state index in [-0.39, 0.29) is 41.1 Å². The zero-order valence-corrected chi connectivity index (χ0v) is 30.5. The molecule has 0 N–H and O–H groups in total. The van der Waals surface area contributed by atoms with E-state index in [4.69, 9.17) is 0 Å². The van der Waals surface area contributed by atoms with Crippen molar-refractivity contribution in [3.63, 3.8) is 0 Å². The van der Waals surface area contributed by atoms with Crippen LogP contribution < -0.4 is 24.8 Å². The molecule has 3 aromatic rings. The van der Waals surface area contributed by atoms with E-state index in [1.165, 1.54) is 43.8 Å². The Kier molecular flexibility index (Phi) is 14.1. The molecule has 0 saturated heterocycles. The van der Waals surface area contributed by atoms with Crippen LogP contribution in [0.2, 0.25) is 11.1 Å². The number of allylic oxidation sites excluding steroid dienone is 4. The fourth-order valence-electron chi connectivity index (χ4n) is 6.10.